The molecule has 6 heteroatoms. The Labute approximate surface area is 145 Å². The maximum Gasteiger partial charge on any atom is 0.241 e. The number of nitrogens with one attached hydrogen (secondary N) is 1. The van der Waals surface area contributed by atoms with Gasteiger partial charge < -0.3 is 5.32 Å². The highest BCUT2D eigenvalue weighted by Gasteiger charge is 2.23. The van der Waals surface area contributed by atoms with Gasteiger partial charge in [0.15, 0.2) is 0 Å². The lowest BCUT2D eigenvalue weighted by Crippen LogP contribution is -2.37. The average Bonchev–Trinajstić information content (AvgIpc) is 3.10. The van der Waals surface area contributed by atoms with Crippen LogP contribution in [0.4, 0.5) is 4.39 Å². The van der Waals surface area contributed by atoms with Crippen LogP contribution in [0.3, 0.4) is 0 Å². The molecule has 1 aromatic carbocycles. The summed E-state index contributed by atoms with van der Waals surface area (Å²) < 4.78 is 13.1. The molecule has 3 rings (SSSR count). The van der Waals surface area contributed by atoms with Crippen LogP contribution in [0.15, 0.2) is 24.3 Å². The van der Waals surface area contributed by atoms with E-state index in [1.807, 2.05) is 19.0 Å². The summed E-state index contributed by atoms with van der Waals surface area (Å²) in [5, 5.41) is 4.08. The molecule has 0 fully saturated rings. The molecule has 0 unspecified atom stereocenters. The van der Waals surface area contributed by atoms with Gasteiger partial charge in [-0.25, -0.2) is 9.37 Å². The van der Waals surface area contributed by atoms with Crippen LogP contribution in [0, 0.1) is 5.82 Å². The first-order chi connectivity index (χ1) is 11.5. The number of fused-ring (bicyclic) bond motifs is 1. The summed E-state index contributed by atoms with van der Waals surface area (Å²) in [4.78, 5) is 20.4. The van der Waals surface area contributed by atoms with E-state index in [1.165, 1.54) is 29.1 Å². The number of hydrogen-bond donors (Lipinski definition) is 1. The Morgan fingerprint density at radius 3 is 2.75 bits per heavy atom. The highest BCUT2D eigenvalue weighted by molar-refractivity contribution is 7.11. The van der Waals surface area contributed by atoms with Gasteiger partial charge in [0.2, 0.25) is 5.91 Å². The number of carbonyl (C=O) groups excluding carboxylic acids is 1. The topological polar surface area (TPSA) is 45.2 Å². The highest BCUT2D eigenvalue weighted by atomic mass is 32.1. The van der Waals surface area contributed by atoms with Crippen molar-refractivity contribution in [1.82, 2.24) is 15.2 Å². The minimum atomic E-state index is -0.424. The Morgan fingerprint density at radius 2 is 2.08 bits per heavy atom. The summed E-state index contributed by atoms with van der Waals surface area (Å²) in [6, 6.07) is 5.66. The Balaban J connectivity index is 1.58. The number of likely N-dealkylation sites (N-methyl/N-ethyl adjacent to an activating group) is 1. The second kappa shape index (κ2) is 7.40. The van der Waals surface area contributed by atoms with Gasteiger partial charge in [-0.2, -0.15) is 0 Å². The van der Waals surface area contributed by atoms with Crippen molar-refractivity contribution in [3.05, 3.63) is 51.2 Å². The summed E-state index contributed by atoms with van der Waals surface area (Å²) in [5.74, 6) is -0.371. The van der Waals surface area contributed by atoms with E-state index in [0.29, 0.717) is 6.54 Å². The van der Waals surface area contributed by atoms with E-state index in [4.69, 9.17) is 0 Å². The molecule has 1 atom stereocenters. The lowest BCUT2D eigenvalue weighted by Gasteiger charge is -2.23. The third-order valence-electron chi connectivity index (χ3n) is 4.23. The number of thiazole rings is 1. The smallest absolute Gasteiger partial charge is 0.241 e. The van der Waals surface area contributed by atoms with Gasteiger partial charge in [0.05, 0.1) is 10.7 Å². The van der Waals surface area contributed by atoms with E-state index in [1.54, 1.807) is 23.5 Å². The van der Waals surface area contributed by atoms with Crippen LogP contribution < -0.4 is 5.32 Å². The molecule has 2 aromatic rings. The number of rotatable bonds is 6. The molecule has 0 bridgehead atoms. The molecule has 1 aliphatic rings. The Kier molecular flexibility index (Phi) is 5.26. The number of aryl methyl sites for hydroxylation is 2. The van der Waals surface area contributed by atoms with Crippen LogP contribution in [-0.4, -0.2) is 36.4 Å². The molecule has 128 valence electrons. The minimum absolute atomic E-state index is 0.0734. The number of nitrogens with zero attached hydrogens (tertiary/aromatic N) is 2. The first kappa shape index (κ1) is 17.0. The van der Waals surface area contributed by atoms with Crippen LogP contribution in [0.25, 0.3) is 0 Å². The fourth-order valence-electron chi connectivity index (χ4n) is 3.07. The summed E-state index contributed by atoms with van der Waals surface area (Å²) in [5.41, 5.74) is 2.03. The molecular formula is C18H22FN3OS. The number of aromatic nitrogens is 1. The molecule has 24 heavy (non-hydrogen) atoms. The molecule has 1 aromatic heterocycles. The number of amides is 1. The van der Waals surface area contributed by atoms with Crippen LogP contribution in [0.1, 0.15) is 33.6 Å². The van der Waals surface area contributed by atoms with E-state index in [2.05, 4.69) is 10.3 Å². The second-order valence-corrected chi connectivity index (χ2v) is 7.46. The molecule has 0 radical (unpaired) electrons. The molecule has 1 N–H and O–H groups in total. The van der Waals surface area contributed by atoms with E-state index in [9.17, 15) is 9.18 Å². The number of benzene rings is 1. The van der Waals surface area contributed by atoms with Crippen molar-refractivity contribution in [1.29, 1.82) is 0 Å². The Hall–Kier alpha value is -1.79. The van der Waals surface area contributed by atoms with Crippen molar-refractivity contribution < 1.29 is 9.18 Å². The van der Waals surface area contributed by atoms with Gasteiger partial charge in [0.25, 0.3) is 0 Å². The summed E-state index contributed by atoms with van der Waals surface area (Å²) in [6.45, 7) is 0.566. The van der Waals surface area contributed by atoms with Gasteiger partial charge in [-0.1, -0.05) is 12.1 Å². The van der Waals surface area contributed by atoms with E-state index >= 15 is 0 Å². The molecule has 1 amide bonds. The van der Waals surface area contributed by atoms with Crippen molar-refractivity contribution in [2.75, 3.05) is 20.6 Å². The van der Waals surface area contributed by atoms with Gasteiger partial charge in [0, 0.05) is 17.8 Å². The Morgan fingerprint density at radius 1 is 1.33 bits per heavy atom. The maximum absolute atomic E-state index is 13.1. The van der Waals surface area contributed by atoms with Crippen molar-refractivity contribution in [3.63, 3.8) is 0 Å². The predicted octanol–water partition coefficient (Wildman–Crippen LogP) is 2.73. The first-order valence-corrected chi connectivity index (χ1v) is 9.03. The predicted molar refractivity (Wildman–Crippen MR) is 93.7 cm³/mol. The lowest BCUT2D eigenvalue weighted by atomic mass is 10.1. The van der Waals surface area contributed by atoms with Gasteiger partial charge in [0.1, 0.15) is 11.9 Å². The standard InChI is InChI=1S/C18H22FN3OS/c1-22(2)17(12-6-8-13(19)9-7-12)18(23)20-11-10-16-21-14-4-3-5-15(14)24-16/h6-9,17H,3-5,10-11H2,1-2H3,(H,20,23)/t17-/m0/s1. The zero-order valence-corrected chi connectivity index (χ0v) is 14.8. The molecule has 1 aliphatic carbocycles. The van der Waals surface area contributed by atoms with Gasteiger partial charge in [-0.3, -0.25) is 9.69 Å². The largest absolute Gasteiger partial charge is 0.354 e. The van der Waals surface area contributed by atoms with Crippen LogP contribution >= 0.6 is 11.3 Å². The zero-order valence-electron chi connectivity index (χ0n) is 14.0. The number of halogens is 1. The van der Waals surface area contributed by atoms with Crippen LogP contribution in [-0.2, 0) is 24.1 Å². The third-order valence-corrected chi connectivity index (χ3v) is 5.45. The fourth-order valence-corrected chi connectivity index (χ4v) is 4.23. The normalized spacial score (nSPS) is 14.7. The van der Waals surface area contributed by atoms with E-state index in [0.717, 1.165) is 29.8 Å². The third kappa shape index (κ3) is 3.82. The second-order valence-electron chi connectivity index (χ2n) is 6.29. The van der Waals surface area contributed by atoms with Gasteiger partial charge >= 0.3 is 0 Å². The summed E-state index contributed by atoms with van der Waals surface area (Å²) in [6.07, 6.45) is 4.21. The SMILES string of the molecule is CN(C)[C@H](C(=O)NCCc1nc2c(s1)CCC2)c1ccc(F)cc1. The molecule has 0 aliphatic heterocycles. The van der Waals surface area contributed by atoms with Crippen molar-refractivity contribution >= 4 is 17.2 Å². The number of carbonyl (C=O) groups is 1. The highest BCUT2D eigenvalue weighted by Crippen LogP contribution is 2.27. The zero-order chi connectivity index (χ0) is 17.1. The quantitative estimate of drug-likeness (QED) is 0.874. The van der Waals surface area contributed by atoms with Crippen molar-refractivity contribution in [2.45, 2.75) is 31.7 Å². The van der Waals surface area contributed by atoms with Gasteiger partial charge in [-0.15, -0.1) is 11.3 Å². The summed E-state index contributed by atoms with van der Waals surface area (Å²) in [7, 11) is 3.69. The Bertz CT molecular complexity index is 690. The van der Waals surface area contributed by atoms with Crippen LogP contribution in [0.5, 0.6) is 0 Å². The molecule has 1 heterocycles. The maximum atomic E-state index is 13.1. The molecule has 0 saturated carbocycles. The van der Waals surface area contributed by atoms with Crippen molar-refractivity contribution in [3.8, 4) is 0 Å². The monoisotopic (exact) mass is 347 g/mol. The fraction of sp³-hybridized carbons (Fsp3) is 0.444. The van der Waals surface area contributed by atoms with E-state index < -0.39 is 6.04 Å². The van der Waals surface area contributed by atoms with Crippen molar-refractivity contribution in [2.24, 2.45) is 0 Å². The average molecular weight is 347 g/mol. The number of hydrogen-bond acceptors (Lipinski definition) is 4. The van der Waals surface area contributed by atoms with Gasteiger partial charge in [-0.05, 0) is 51.1 Å². The first-order valence-electron chi connectivity index (χ1n) is 8.21. The minimum Gasteiger partial charge on any atom is -0.354 e. The molecular weight excluding hydrogens is 325 g/mol. The van der Waals surface area contributed by atoms with Crippen LogP contribution in [0.2, 0.25) is 0 Å². The van der Waals surface area contributed by atoms with E-state index in [-0.39, 0.29) is 11.7 Å². The molecule has 4 nitrogen and oxygen atoms in total. The molecule has 0 saturated heterocycles. The molecule has 0 spiro atoms. The summed E-state index contributed by atoms with van der Waals surface area (Å²) >= 11 is 1.77. The lowest BCUT2D eigenvalue weighted by molar-refractivity contribution is -0.125.